The smallest absolute Gasteiger partial charge is 0.174 e. The molecule has 5 rings (SSSR count). The number of allylic oxidation sites excluding steroid dienone is 1. The number of hydrogen-bond acceptors (Lipinski definition) is 2. The van der Waals surface area contributed by atoms with E-state index in [1.54, 1.807) is 0 Å². The number of benzene rings is 1. The SMILES string of the molecule is C[C@]12CC[C@H]3[C@@H](CCC4=C(Cl)C(=O)CC[C@@]43C)[C@@H]1CC[C@@H]2[C@@](C)(O)Cc1ccccc1. The minimum absolute atomic E-state index is 0.0971. The van der Waals surface area contributed by atoms with E-state index in [1.807, 2.05) is 6.07 Å². The zero-order valence-corrected chi connectivity index (χ0v) is 20.0. The molecule has 3 saturated carbocycles. The lowest BCUT2D eigenvalue weighted by molar-refractivity contribution is -0.120. The van der Waals surface area contributed by atoms with Crippen LogP contribution in [0.5, 0.6) is 0 Å². The van der Waals surface area contributed by atoms with Crippen LogP contribution in [0.1, 0.15) is 77.7 Å². The van der Waals surface area contributed by atoms with Crippen molar-refractivity contribution < 1.29 is 9.90 Å². The molecule has 0 unspecified atom stereocenters. The fraction of sp³-hybridized carbons (Fsp3) is 0.679. The molecule has 7 atom stereocenters. The standard InChI is InChI=1S/C28H37ClO2/c1-26-16-14-23(30)25(29)22(26)10-9-19-20-11-12-24(27(20,2)15-13-21(19)26)28(3,31)17-18-7-5-4-6-8-18/h4-8,19-21,24,31H,9-17H2,1-3H3/t19-,20-,21-,24-,26+,27-,28-/m0/s1. The summed E-state index contributed by atoms with van der Waals surface area (Å²) >= 11 is 6.56. The first-order valence-corrected chi connectivity index (χ1v) is 12.7. The topological polar surface area (TPSA) is 37.3 Å². The Balaban J connectivity index is 1.42. The van der Waals surface area contributed by atoms with Gasteiger partial charge in [0.2, 0.25) is 0 Å². The molecule has 168 valence electrons. The van der Waals surface area contributed by atoms with Gasteiger partial charge in [0.15, 0.2) is 5.78 Å². The summed E-state index contributed by atoms with van der Waals surface area (Å²) in [6.07, 6.45) is 9.20. The van der Waals surface area contributed by atoms with Gasteiger partial charge in [0.1, 0.15) is 0 Å². The maximum Gasteiger partial charge on any atom is 0.174 e. The molecule has 0 aromatic heterocycles. The maximum atomic E-state index is 12.3. The summed E-state index contributed by atoms with van der Waals surface area (Å²) < 4.78 is 0. The summed E-state index contributed by atoms with van der Waals surface area (Å²) in [6, 6.07) is 10.5. The van der Waals surface area contributed by atoms with Gasteiger partial charge >= 0.3 is 0 Å². The van der Waals surface area contributed by atoms with Crippen molar-refractivity contribution in [2.24, 2.45) is 34.5 Å². The molecule has 4 aliphatic carbocycles. The van der Waals surface area contributed by atoms with Gasteiger partial charge in [-0.1, -0.05) is 55.8 Å². The van der Waals surface area contributed by atoms with Crippen LogP contribution < -0.4 is 0 Å². The quantitative estimate of drug-likeness (QED) is 0.568. The summed E-state index contributed by atoms with van der Waals surface area (Å²) in [5.41, 5.74) is 2.11. The lowest BCUT2D eigenvalue weighted by Crippen LogP contribution is -2.53. The third kappa shape index (κ3) is 3.27. The van der Waals surface area contributed by atoms with Gasteiger partial charge in [-0.25, -0.2) is 0 Å². The summed E-state index contributed by atoms with van der Waals surface area (Å²) in [5.74, 6) is 2.50. The highest BCUT2D eigenvalue weighted by atomic mass is 35.5. The minimum atomic E-state index is -0.679. The van der Waals surface area contributed by atoms with E-state index >= 15 is 0 Å². The number of halogens is 1. The molecule has 31 heavy (non-hydrogen) atoms. The summed E-state index contributed by atoms with van der Waals surface area (Å²) in [5, 5.41) is 12.3. The van der Waals surface area contributed by atoms with E-state index in [0.717, 1.165) is 32.1 Å². The Morgan fingerprint density at radius 2 is 1.77 bits per heavy atom. The van der Waals surface area contributed by atoms with E-state index in [9.17, 15) is 9.90 Å². The molecule has 3 fully saturated rings. The fourth-order valence-corrected chi connectivity index (χ4v) is 9.21. The van der Waals surface area contributed by atoms with Gasteiger partial charge in [0.05, 0.1) is 10.6 Å². The molecule has 0 aliphatic heterocycles. The molecule has 0 heterocycles. The third-order valence-corrected chi connectivity index (χ3v) is 10.6. The van der Waals surface area contributed by atoms with Gasteiger partial charge < -0.3 is 5.11 Å². The Morgan fingerprint density at radius 3 is 2.52 bits per heavy atom. The van der Waals surface area contributed by atoms with Crippen molar-refractivity contribution >= 4 is 17.4 Å². The predicted octanol–water partition coefficient (Wildman–Crippen LogP) is 6.69. The molecule has 2 nitrogen and oxygen atoms in total. The molecule has 0 saturated heterocycles. The van der Waals surface area contributed by atoms with Crippen molar-refractivity contribution in [2.45, 2.75) is 84.2 Å². The van der Waals surface area contributed by atoms with Gasteiger partial charge in [-0.05, 0) is 97.5 Å². The number of carbonyl (C=O) groups is 1. The normalized spacial score (nSPS) is 41.9. The number of carbonyl (C=O) groups excluding carboxylic acids is 1. The zero-order valence-electron chi connectivity index (χ0n) is 19.3. The van der Waals surface area contributed by atoms with Crippen LogP contribution in [0.2, 0.25) is 0 Å². The number of aliphatic hydroxyl groups is 1. The monoisotopic (exact) mass is 440 g/mol. The van der Waals surface area contributed by atoms with E-state index in [-0.39, 0.29) is 16.6 Å². The second-order valence-corrected chi connectivity index (χ2v) is 12.1. The van der Waals surface area contributed by atoms with Crippen LogP contribution in [0.15, 0.2) is 40.9 Å². The van der Waals surface area contributed by atoms with Crippen molar-refractivity contribution in [3.8, 4) is 0 Å². The first kappa shape index (κ1) is 21.7. The summed E-state index contributed by atoms with van der Waals surface area (Å²) in [4.78, 5) is 12.3. The fourth-order valence-electron chi connectivity index (χ4n) is 8.80. The number of Topliss-reactive ketones (excluding diaryl/α,β-unsaturated/α-hetero) is 1. The van der Waals surface area contributed by atoms with Gasteiger partial charge in [0.25, 0.3) is 0 Å². The van der Waals surface area contributed by atoms with Crippen LogP contribution in [0.3, 0.4) is 0 Å². The van der Waals surface area contributed by atoms with Crippen molar-refractivity contribution in [1.82, 2.24) is 0 Å². The van der Waals surface area contributed by atoms with Crippen LogP contribution in [0, 0.1) is 34.5 Å². The number of hydrogen-bond donors (Lipinski definition) is 1. The van der Waals surface area contributed by atoms with Crippen molar-refractivity contribution in [3.63, 3.8) is 0 Å². The first-order chi connectivity index (χ1) is 14.7. The lowest BCUT2D eigenvalue weighted by Gasteiger charge is -2.59. The summed E-state index contributed by atoms with van der Waals surface area (Å²) in [6.45, 7) is 6.96. The highest BCUT2D eigenvalue weighted by Crippen LogP contribution is 2.68. The highest BCUT2D eigenvalue weighted by Gasteiger charge is 2.61. The molecular formula is C28H37ClO2. The van der Waals surface area contributed by atoms with Crippen molar-refractivity contribution in [1.29, 1.82) is 0 Å². The Labute approximate surface area is 192 Å². The maximum absolute atomic E-state index is 12.3. The van der Waals surface area contributed by atoms with E-state index in [0.29, 0.717) is 35.1 Å². The van der Waals surface area contributed by atoms with Crippen LogP contribution in [-0.2, 0) is 11.2 Å². The molecule has 0 spiro atoms. The predicted molar refractivity (Wildman–Crippen MR) is 126 cm³/mol. The molecule has 0 amide bonds. The van der Waals surface area contributed by atoms with Crippen LogP contribution in [0.4, 0.5) is 0 Å². The van der Waals surface area contributed by atoms with Crippen molar-refractivity contribution in [2.75, 3.05) is 0 Å². The van der Waals surface area contributed by atoms with Crippen LogP contribution in [0.25, 0.3) is 0 Å². The van der Waals surface area contributed by atoms with E-state index in [2.05, 4.69) is 45.0 Å². The Morgan fingerprint density at radius 1 is 1.03 bits per heavy atom. The molecule has 4 aliphatic rings. The van der Waals surface area contributed by atoms with Gasteiger partial charge in [-0.3, -0.25) is 4.79 Å². The minimum Gasteiger partial charge on any atom is -0.390 e. The van der Waals surface area contributed by atoms with Gasteiger partial charge in [-0.15, -0.1) is 0 Å². The second kappa shape index (κ2) is 7.45. The number of fused-ring (bicyclic) bond motifs is 5. The third-order valence-electron chi connectivity index (χ3n) is 10.2. The van der Waals surface area contributed by atoms with E-state index in [1.165, 1.54) is 30.4 Å². The Kier molecular flexibility index (Phi) is 5.22. The average Bonchev–Trinajstić information content (AvgIpc) is 3.10. The molecule has 1 N–H and O–H groups in total. The second-order valence-electron chi connectivity index (χ2n) is 11.7. The lowest BCUT2D eigenvalue weighted by atomic mass is 9.46. The highest BCUT2D eigenvalue weighted by molar-refractivity contribution is 6.43. The number of rotatable bonds is 3. The molecule has 1 aromatic carbocycles. The Bertz CT molecular complexity index is 903. The van der Waals surface area contributed by atoms with Crippen LogP contribution >= 0.6 is 11.6 Å². The molecule has 0 bridgehead atoms. The van der Waals surface area contributed by atoms with Gasteiger partial charge in [-0.2, -0.15) is 0 Å². The molecular weight excluding hydrogens is 404 g/mol. The molecule has 3 heteroatoms. The average molecular weight is 441 g/mol. The van der Waals surface area contributed by atoms with E-state index < -0.39 is 5.60 Å². The van der Waals surface area contributed by atoms with Crippen molar-refractivity contribution in [3.05, 3.63) is 46.5 Å². The van der Waals surface area contributed by atoms with Gasteiger partial charge in [0, 0.05) is 12.8 Å². The summed E-state index contributed by atoms with van der Waals surface area (Å²) in [7, 11) is 0. The number of ketones is 1. The zero-order chi connectivity index (χ0) is 22.0. The van der Waals surface area contributed by atoms with Crippen LogP contribution in [-0.4, -0.2) is 16.5 Å². The first-order valence-electron chi connectivity index (χ1n) is 12.4. The Hall–Kier alpha value is -1.12. The van der Waals surface area contributed by atoms with E-state index in [4.69, 9.17) is 11.6 Å². The molecule has 1 aromatic rings. The largest absolute Gasteiger partial charge is 0.390 e. The molecule has 0 radical (unpaired) electrons.